The van der Waals surface area contributed by atoms with Gasteiger partial charge in [0.15, 0.2) is 0 Å². The van der Waals surface area contributed by atoms with Crippen LogP contribution in [0.3, 0.4) is 0 Å². The van der Waals surface area contributed by atoms with Gasteiger partial charge in [-0.1, -0.05) is 42.5 Å². The van der Waals surface area contributed by atoms with Crippen molar-refractivity contribution in [2.24, 2.45) is 0 Å². The van der Waals surface area contributed by atoms with E-state index in [-0.39, 0.29) is 6.04 Å². The smallest absolute Gasteiger partial charge is 0.407 e. The molecule has 4 nitrogen and oxygen atoms in total. The SMILES string of the molecule is COC(=O)NC(Cc1ccccc1)c1ccc(OC)cc1. The van der Waals surface area contributed by atoms with E-state index < -0.39 is 6.09 Å². The second kappa shape index (κ2) is 7.33. The molecule has 1 unspecified atom stereocenters. The Balaban J connectivity index is 2.19. The molecule has 2 aromatic carbocycles. The standard InChI is InChI=1S/C17H19NO3/c1-20-15-10-8-14(9-11-15)16(18-17(19)21-2)12-13-6-4-3-5-7-13/h3-11,16H,12H2,1-2H3,(H,18,19). The normalized spacial score (nSPS) is 11.5. The first-order valence-corrected chi connectivity index (χ1v) is 6.75. The maximum absolute atomic E-state index is 11.6. The Labute approximate surface area is 124 Å². The van der Waals surface area contributed by atoms with E-state index >= 15 is 0 Å². The van der Waals surface area contributed by atoms with E-state index in [1.165, 1.54) is 7.11 Å². The molecule has 0 spiro atoms. The number of carbonyl (C=O) groups is 1. The summed E-state index contributed by atoms with van der Waals surface area (Å²) in [5, 5.41) is 2.87. The maximum atomic E-state index is 11.6. The van der Waals surface area contributed by atoms with Crippen LogP contribution in [-0.2, 0) is 11.2 Å². The Morgan fingerprint density at radius 3 is 2.29 bits per heavy atom. The lowest BCUT2D eigenvalue weighted by molar-refractivity contribution is 0.166. The van der Waals surface area contributed by atoms with Gasteiger partial charge in [-0.05, 0) is 29.7 Å². The molecule has 0 bridgehead atoms. The average Bonchev–Trinajstić information content (AvgIpc) is 2.55. The van der Waals surface area contributed by atoms with E-state index in [0.29, 0.717) is 6.42 Å². The van der Waals surface area contributed by atoms with Crippen molar-refractivity contribution >= 4 is 6.09 Å². The summed E-state index contributed by atoms with van der Waals surface area (Å²) in [6, 6.07) is 17.5. The summed E-state index contributed by atoms with van der Waals surface area (Å²) < 4.78 is 9.87. The first-order valence-electron chi connectivity index (χ1n) is 6.75. The van der Waals surface area contributed by atoms with Crippen LogP contribution in [-0.4, -0.2) is 20.3 Å². The zero-order valence-corrected chi connectivity index (χ0v) is 12.2. The molecular formula is C17H19NO3. The number of rotatable bonds is 5. The topological polar surface area (TPSA) is 47.6 Å². The predicted molar refractivity (Wildman–Crippen MR) is 81.4 cm³/mol. The molecule has 0 saturated heterocycles. The van der Waals surface area contributed by atoms with Crippen LogP contribution in [0.5, 0.6) is 5.75 Å². The number of ether oxygens (including phenoxy) is 2. The molecule has 0 heterocycles. The first kappa shape index (κ1) is 14.9. The van der Waals surface area contributed by atoms with Gasteiger partial charge in [0.25, 0.3) is 0 Å². The molecule has 0 aliphatic heterocycles. The summed E-state index contributed by atoms with van der Waals surface area (Å²) in [6.45, 7) is 0. The van der Waals surface area contributed by atoms with Crippen molar-refractivity contribution in [3.63, 3.8) is 0 Å². The van der Waals surface area contributed by atoms with Crippen LogP contribution in [0.15, 0.2) is 54.6 Å². The quantitative estimate of drug-likeness (QED) is 0.916. The number of carbonyl (C=O) groups excluding carboxylic acids is 1. The third kappa shape index (κ3) is 4.24. The molecule has 2 aromatic rings. The van der Waals surface area contributed by atoms with Gasteiger partial charge < -0.3 is 14.8 Å². The van der Waals surface area contributed by atoms with E-state index in [1.54, 1.807) is 7.11 Å². The van der Waals surface area contributed by atoms with Crippen LogP contribution < -0.4 is 10.1 Å². The molecule has 0 saturated carbocycles. The summed E-state index contributed by atoms with van der Waals surface area (Å²) in [6.07, 6.45) is 0.259. The number of methoxy groups -OCH3 is 2. The molecule has 0 aliphatic carbocycles. The second-order valence-electron chi connectivity index (χ2n) is 4.65. The number of nitrogens with one attached hydrogen (secondary N) is 1. The van der Waals surface area contributed by atoms with E-state index in [9.17, 15) is 4.79 Å². The van der Waals surface area contributed by atoms with Gasteiger partial charge in [0.2, 0.25) is 0 Å². The van der Waals surface area contributed by atoms with Crippen LogP contribution in [0.4, 0.5) is 4.79 Å². The lowest BCUT2D eigenvalue weighted by Gasteiger charge is -2.19. The maximum Gasteiger partial charge on any atom is 0.407 e. The number of alkyl carbamates (subject to hydrolysis) is 1. The molecule has 4 heteroatoms. The summed E-state index contributed by atoms with van der Waals surface area (Å²) in [7, 11) is 2.99. The lowest BCUT2D eigenvalue weighted by Crippen LogP contribution is -2.29. The highest BCUT2D eigenvalue weighted by Crippen LogP contribution is 2.21. The van der Waals surface area contributed by atoms with Crippen molar-refractivity contribution < 1.29 is 14.3 Å². The largest absolute Gasteiger partial charge is 0.497 e. The van der Waals surface area contributed by atoms with Gasteiger partial charge in [0, 0.05) is 0 Å². The second-order valence-corrected chi connectivity index (χ2v) is 4.65. The van der Waals surface area contributed by atoms with Crippen LogP contribution in [0.25, 0.3) is 0 Å². The van der Waals surface area contributed by atoms with E-state index in [0.717, 1.165) is 16.9 Å². The molecule has 0 radical (unpaired) electrons. The van der Waals surface area contributed by atoms with Gasteiger partial charge in [0.1, 0.15) is 5.75 Å². The van der Waals surface area contributed by atoms with E-state index in [4.69, 9.17) is 9.47 Å². The number of amides is 1. The third-order valence-electron chi connectivity index (χ3n) is 3.28. The molecule has 0 fully saturated rings. The van der Waals surface area contributed by atoms with Crippen molar-refractivity contribution in [2.75, 3.05) is 14.2 Å². The summed E-state index contributed by atoms with van der Waals surface area (Å²) in [4.78, 5) is 11.6. The fourth-order valence-corrected chi connectivity index (χ4v) is 2.14. The predicted octanol–water partition coefficient (Wildman–Crippen LogP) is 3.34. The third-order valence-corrected chi connectivity index (χ3v) is 3.28. The molecule has 1 atom stereocenters. The van der Waals surface area contributed by atoms with Crippen molar-refractivity contribution in [2.45, 2.75) is 12.5 Å². The molecule has 0 aromatic heterocycles. The minimum absolute atomic E-state index is 0.147. The Kier molecular flexibility index (Phi) is 5.21. The van der Waals surface area contributed by atoms with E-state index in [2.05, 4.69) is 5.32 Å². The summed E-state index contributed by atoms with van der Waals surface area (Å²) in [5.74, 6) is 0.787. The highest BCUT2D eigenvalue weighted by atomic mass is 16.5. The Hall–Kier alpha value is -2.49. The fraction of sp³-hybridized carbons (Fsp3) is 0.235. The lowest BCUT2D eigenvalue weighted by atomic mass is 9.99. The van der Waals surface area contributed by atoms with Crippen molar-refractivity contribution in [1.29, 1.82) is 0 Å². The van der Waals surface area contributed by atoms with Crippen LogP contribution in [0, 0.1) is 0 Å². The van der Waals surface area contributed by atoms with Crippen molar-refractivity contribution in [1.82, 2.24) is 5.32 Å². The average molecular weight is 285 g/mol. The van der Waals surface area contributed by atoms with Gasteiger partial charge >= 0.3 is 6.09 Å². The number of hydrogen-bond donors (Lipinski definition) is 1. The minimum Gasteiger partial charge on any atom is -0.497 e. The molecule has 1 amide bonds. The highest BCUT2D eigenvalue weighted by molar-refractivity contribution is 5.67. The molecular weight excluding hydrogens is 266 g/mol. The molecule has 21 heavy (non-hydrogen) atoms. The zero-order chi connectivity index (χ0) is 15.1. The monoisotopic (exact) mass is 285 g/mol. The van der Waals surface area contributed by atoms with Gasteiger partial charge in [-0.3, -0.25) is 0 Å². The Morgan fingerprint density at radius 1 is 1.05 bits per heavy atom. The van der Waals surface area contributed by atoms with Gasteiger partial charge in [-0.15, -0.1) is 0 Å². The first-order chi connectivity index (χ1) is 10.2. The van der Waals surface area contributed by atoms with E-state index in [1.807, 2.05) is 54.6 Å². The Bertz CT molecular complexity index is 566. The summed E-state index contributed by atoms with van der Waals surface area (Å²) in [5.41, 5.74) is 2.15. The zero-order valence-electron chi connectivity index (χ0n) is 12.2. The number of hydrogen-bond acceptors (Lipinski definition) is 3. The van der Waals surface area contributed by atoms with Gasteiger partial charge in [-0.25, -0.2) is 4.79 Å². The van der Waals surface area contributed by atoms with Gasteiger partial charge in [-0.2, -0.15) is 0 Å². The summed E-state index contributed by atoms with van der Waals surface area (Å²) >= 11 is 0. The van der Waals surface area contributed by atoms with Crippen LogP contribution >= 0.6 is 0 Å². The fourth-order valence-electron chi connectivity index (χ4n) is 2.14. The molecule has 0 aliphatic rings. The Morgan fingerprint density at radius 2 is 1.71 bits per heavy atom. The molecule has 1 N–H and O–H groups in total. The van der Waals surface area contributed by atoms with Crippen molar-refractivity contribution in [3.8, 4) is 5.75 Å². The van der Waals surface area contributed by atoms with Gasteiger partial charge in [0.05, 0.1) is 20.3 Å². The molecule has 110 valence electrons. The number of benzene rings is 2. The molecule has 2 rings (SSSR count). The highest BCUT2D eigenvalue weighted by Gasteiger charge is 2.15. The van der Waals surface area contributed by atoms with Crippen LogP contribution in [0.2, 0.25) is 0 Å². The minimum atomic E-state index is -0.438. The van der Waals surface area contributed by atoms with Crippen LogP contribution in [0.1, 0.15) is 17.2 Å². The van der Waals surface area contributed by atoms with Crippen molar-refractivity contribution in [3.05, 3.63) is 65.7 Å².